The summed E-state index contributed by atoms with van der Waals surface area (Å²) >= 11 is 0. The maximum absolute atomic E-state index is 9.74. The summed E-state index contributed by atoms with van der Waals surface area (Å²) in [5.41, 5.74) is 0. The average molecular weight is 227 g/mol. The smallest absolute Gasteiger partial charge is 0.150 e. The zero-order valence-electron chi connectivity index (χ0n) is 10.4. The van der Waals surface area contributed by atoms with Gasteiger partial charge in [-0.05, 0) is 13.8 Å². The minimum Gasteiger partial charge on any atom is -0.389 e. The van der Waals surface area contributed by atoms with E-state index in [1.165, 1.54) is 0 Å². The van der Waals surface area contributed by atoms with Crippen LogP contribution in [0.3, 0.4) is 0 Å². The Morgan fingerprint density at radius 2 is 2.25 bits per heavy atom. The lowest BCUT2D eigenvalue weighted by Crippen LogP contribution is -2.33. The number of nitrogens with zero attached hydrogens (tertiary/aromatic N) is 3. The molecule has 0 spiro atoms. The van der Waals surface area contributed by atoms with Crippen LogP contribution in [0.25, 0.3) is 0 Å². The molecule has 1 rings (SSSR count). The van der Waals surface area contributed by atoms with Crippen LogP contribution in [0.5, 0.6) is 0 Å². The van der Waals surface area contributed by atoms with Gasteiger partial charge in [0.2, 0.25) is 0 Å². The number of hydrogen-bond acceptors (Lipinski definition) is 4. The van der Waals surface area contributed by atoms with Crippen LogP contribution >= 0.6 is 0 Å². The van der Waals surface area contributed by atoms with Gasteiger partial charge in [-0.15, -0.1) is 0 Å². The molecule has 1 aromatic heterocycles. The van der Waals surface area contributed by atoms with Crippen molar-refractivity contribution in [2.75, 3.05) is 25.1 Å². The Morgan fingerprint density at radius 1 is 1.56 bits per heavy atom. The van der Waals surface area contributed by atoms with Gasteiger partial charge < -0.3 is 14.7 Å². The van der Waals surface area contributed by atoms with Gasteiger partial charge in [0.15, 0.2) is 0 Å². The van der Waals surface area contributed by atoms with Crippen molar-refractivity contribution in [2.24, 2.45) is 7.05 Å². The number of rotatable bonds is 6. The lowest BCUT2D eigenvalue weighted by molar-refractivity contribution is 0.00922. The lowest BCUT2D eigenvalue weighted by Gasteiger charge is -2.21. The summed E-state index contributed by atoms with van der Waals surface area (Å²) in [5.74, 6) is 0.853. The van der Waals surface area contributed by atoms with Crippen LogP contribution in [-0.4, -0.2) is 47.3 Å². The Morgan fingerprint density at radius 3 is 2.75 bits per heavy atom. The van der Waals surface area contributed by atoms with Crippen LogP contribution in [0.15, 0.2) is 12.3 Å². The number of hydrogen-bond donors (Lipinski definition) is 1. The number of likely N-dealkylation sites (N-methyl/N-ethyl adjacent to an activating group) is 1. The molecule has 0 bridgehead atoms. The van der Waals surface area contributed by atoms with Crippen molar-refractivity contribution >= 4 is 5.82 Å². The third-order valence-electron chi connectivity index (χ3n) is 2.20. The van der Waals surface area contributed by atoms with E-state index in [0.29, 0.717) is 13.2 Å². The SMILES string of the molecule is CC(C)OCC(O)CN(C)c1ccn(C)n1. The third kappa shape index (κ3) is 4.20. The van der Waals surface area contributed by atoms with Gasteiger partial charge in [-0.25, -0.2) is 0 Å². The molecule has 16 heavy (non-hydrogen) atoms. The first-order chi connectivity index (χ1) is 7.49. The van der Waals surface area contributed by atoms with Crippen LogP contribution in [0.1, 0.15) is 13.8 Å². The molecule has 92 valence electrons. The first-order valence-electron chi connectivity index (χ1n) is 5.49. The molecule has 1 unspecified atom stereocenters. The lowest BCUT2D eigenvalue weighted by atomic mass is 10.3. The molecule has 0 aliphatic carbocycles. The molecule has 0 aromatic carbocycles. The van der Waals surface area contributed by atoms with Crippen LogP contribution in [0.2, 0.25) is 0 Å². The molecule has 0 saturated carbocycles. The summed E-state index contributed by atoms with van der Waals surface area (Å²) in [7, 11) is 3.77. The van der Waals surface area contributed by atoms with E-state index < -0.39 is 6.10 Å². The zero-order chi connectivity index (χ0) is 12.1. The van der Waals surface area contributed by atoms with E-state index in [0.717, 1.165) is 5.82 Å². The molecule has 0 fully saturated rings. The Balaban J connectivity index is 2.36. The van der Waals surface area contributed by atoms with Crippen molar-refractivity contribution in [3.63, 3.8) is 0 Å². The van der Waals surface area contributed by atoms with E-state index in [9.17, 15) is 5.11 Å². The van der Waals surface area contributed by atoms with Crippen LogP contribution in [0, 0.1) is 0 Å². The number of aromatic nitrogens is 2. The summed E-state index contributed by atoms with van der Waals surface area (Å²) in [5, 5.41) is 14.0. The standard InChI is InChI=1S/C11H21N3O2/c1-9(2)16-8-10(15)7-13(3)11-5-6-14(4)12-11/h5-6,9-10,15H,7-8H2,1-4H3. The molecule has 0 radical (unpaired) electrons. The summed E-state index contributed by atoms with van der Waals surface area (Å²) in [4.78, 5) is 1.91. The van der Waals surface area contributed by atoms with Gasteiger partial charge in [-0.3, -0.25) is 4.68 Å². The van der Waals surface area contributed by atoms with Crippen molar-refractivity contribution < 1.29 is 9.84 Å². The molecule has 0 aliphatic heterocycles. The number of anilines is 1. The fourth-order valence-corrected chi connectivity index (χ4v) is 1.37. The van der Waals surface area contributed by atoms with Crippen molar-refractivity contribution in [3.05, 3.63) is 12.3 Å². The van der Waals surface area contributed by atoms with Gasteiger partial charge >= 0.3 is 0 Å². The van der Waals surface area contributed by atoms with E-state index >= 15 is 0 Å². The summed E-state index contributed by atoms with van der Waals surface area (Å²) in [6.45, 7) is 4.78. The summed E-state index contributed by atoms with van der Waals surface area (Å²) in [6, 6.07) is 1.91. The van der Waals surface area contributed by atoms with E-state index in [1.807, 2.05) is 45.1 Å². The monoisotopic (exact) mass is 227 g/mol. The minimum absolute atomic E-state index is 0.148. The highest BCUT2D eigenvalue weighted by molar-refractivity contribution is 5.35. The Labute approximate surface area is 96.6 Å². The number of aliphatic hydroxyl groups is 1. The molecular weight excluding hydrogens is 206 g/mol. The molecule has 1 atom stereocenters. The van der Waals surface area contributed by atoms with E-state index in [2.05, 4.69) is 5.10 Å². The predicted octanol–water partition coefficient (Wildman–Crippen LogP) is 0.642. The van der Waals surface area contributed by atoms with Gasteiger partial charge in [0.1, 0.15) is 5.82 Å². The highest BCUT2D eigenvalue weighted by Crippen LogP contribution is 2.08. The van der Waals surface area contributed by atoms with Crippen molar-refractivity contribution in [1.82, 2.24) is 9.78 Å². The van der Waals surface area contributed by atoms with Gasteiger partial charge in [0, 0.05) is 32.9 Å². The number of ether oxygens (including phenoxy) is 1. The maximum Gasteiger partial charge on any atom is 0.150 e. The molecule has 1 heterocycles. The molecule has 1 N–H and O–H groups in total. The highest BCUT2D eigenvalue weighted by Gasteiger charge is 2.11. The number of aryl methyl sites for hydroxylation is 1. The highest BCUT2D eigenvalue weighted by atomic mass is 16.5. The fraction of sp³-hybridized carbons (Fsp3) is 0.727. The second kappa shape index (κ2) is 5.86. The molecule has 5 heteroatoms. The third-order valence-corrected chi connectivity index (χ3v) is 2.20. The summed E-state index contributed by atoms with van der Waals surface area (Å²) in [6.07, 6.45) is 1.53. The first kappa shape index (κ1) is 13.0. The quantitative estimate of drug-likeness (QED) is 0.775. The predicted molar refractivity (Wildman–Crippen MR) is 63.6 cm³/mol. The molecule has 0 saturated heterocycles. The first-order valence-corrected chi connectivity index (χ1v) is 5.49. The minimum atomic E-state index is -0.491. The van der Waals surface area contributed by atoms with Gasteiger partial charge in [0.05, 0.1) is 18.8 Å². The van der Waals surface area contributed by atoms with Gasteiger partial charge in [-0.2, -0.15) is 5.10 Å². The Hall–Kier alpha value is -1.07. The average Bonchev–Trinajstić information content (AvgIpc) is 2.62. The molecule has 1 aromatic rings. The van der Waals surface area contributed by atoms with E-state index in [1.54, 1.807) is 4.68 Å². The second-order valence-electron chi connectivity index (χ2n) is 4.26. The molecule has 0 amide bonds. The van der Waals surface area contributed by atoms with Crippen molar-refractivity contribution in [3.8, 4) is 0 Å². The molecule has 0 aliphatic rings. The summed E-state index contributed by atoms with van der Waals surface area (Å²) < 4.78 is 7.08. The van der Waals surface area contributed by atoms with Crippen LogP contribution < -0.4 is 4.90 Å². The molecule has 5 nitrogen and oxygen atoms in total. The largest absolute Gasteiger partial charge is 0.389 e. The Bertz CT molecular complexity index is 312. The van der Waals surface area contributed by atoms with Gasteiger partial charge in [0.25, 0.3) is 0 Å². The maximum atomic E-state index is 9.74. The second-order valence-corrected chi connectivity index (χ2v) is 4.26. The van der Waals surface area contributed by atoms with Crippen molar-refractivity contribution in [2.45, 2.75) is 26.1 Å². The van der Waals surface area contributed by atoms with E-state index in [-0.39, 0.29) is 6.10 Å². The number of aliphatic hydroxyl groups excluding tert-OH is 1. The zero-order valence-corrected chi connectivity index (χ0v) is 10.4. The van der Waals surface area contributed by atoms with Gasteiger partial charge in [-0.1, -0.05) is 0 Å². The Kier molecular flexibility index (Phi) is 4.76. The normalized spacial score (nSPS) is 13.1. The van der Waals surface area contributed by atoms with E-state index in [4.69, 9.17) is 4.74 Å². The topological polar surface area (TPSA) is 50.5 Å². The fourth-order valence-electron chi connectivity index (χ4n) is 1.37. The molecular formula is C11H21N3O2. The van der Waals surface area contributed by atoms with Crippen LogP contribution in [0.4, 0.5) is 5.82 Å². The van der Waals surface area contributed by atoms with Crippen molar-refractivity contribution in [1.29, 1.82) is 0 Å². The van der Waals surface area contributed by atoms with Crippen LogP contribution in [-0.2, 0) is 11.8 Å².